The molecule has 0 amide bonds. The molecule has 0 radical (unpaired) electrons. The van der Waals surface area contributed by atoms with Gasteiger partial charge in [-0.1, -0.05) is 0 Å². The molecule has 0 aromatic carbocycles. The zero-order chi connectivity index (χ0) is 10.9. The highest BCUT2D eigenvalue weighted by molar-refractivity contribution is 5.18. The van der Waals surface area contributed by atoms with Gasteiger partial charge in [-0.3, -0.25) is 0 Å². The molecule has 2 N–H and O–H groups in total. The van der Waals surface area contributed by atoms with Gasteiger partial charge in [0.25, 0.3) is 0 Å². The lowest BCUT2D eigenvalue weighted by Crippen LogP contribution is -2.43. The SMILES string of the molecule is NC1(c2cncnc2)CCC(F)(F)CC1. The minimum absolute atomic E-state index is 0.154. The lowest BCUT2D eigenvalue weighted by molar-refractivity contribution is -0.0514. The summed E-state index contributed by atoms with van der Waals surface area (Å²) in [4.78, 5) is 7.73. The summed E-state index contributed by atoms with van der Waals surface area (Å²) in [6.45, 7) is 0. The van der Waals surface area contributed by atoms with Crippen LogP contribution in [0.1, 0.15) is 31.2 Å². The third-order valence-corrected chi connectivity index (χ3v) is 3.01. The number of hydrogen-bond donors (Lipinski definition) is 1. The fourth-order valence-electron chi connectivity index (χ4n) is 1.91. The van der Waals surface area contributed by atoms with Crippen LogP contribution in [0, 0.1) is 0 Å². The quantitative estimate of drug-likeness (QED) is 0.774. The molecule has 1 aromatic heterocycles. The van der Waals surface area contributed by atoms with E-state index in [1.54, 1.807) is 12.4 Å². The van der Waals surface area contributed by atoms with Crippen molar-refractivity contribution >= 4 is 0 Å². The van der Waals surface area contributed by atoms with Crippen LogP contribution in [0.15, 0.2) is 18.7 Å². The van der Waals surface area contributed by atoms with E-state index >= 15 is 0 Å². The maximum Gasteiger partial charge on any atom is 0.248 e. The standard InChI is InChI=1S/C10H13F2N3/c11-10(12)3-1-9(13,2-4-10)8-5-14-7-15-6-8/h5-7H,1-4,13H2. The molecule has 3 nitrogen and oxygen atoms in total. The number of nitrogens with zero attached hydrogens (tertiary/aromatic N) is 2. The Morgan fingerprint density at radius 2 is 1.60 bits per heavy atom. The van der Waals surface area contributed by atoms with Crippen molar-refractivity contribution in [2.24, 2.45) is 5.73 Å². The summed E-state index contributed by atoms with van der Waals surface area (Å²) in [5, 5.41) is 0. The van der Waals surface area contributed by atoms with E-state index in [-0.39, 0.29) is 25.7 Å². The van der Waals surface area contributed by atoms with E-state index in [4.69, 9.17) is 5.73 Å². The lowest BCUT2D eigenvalue weighted by Gasteiger charge is -2.36. The molecule has 1 heterocycles. The van der Waals surface area contributed by atoms with Crippen LogP contribution in [-0.2, 0) is 5.54 Å². The predicted octanol–water partition coefficient (Wildman–Crippen LogP) is 1.84. The molecule has 0 saturated heterocycles. The third kappa shape index (κ3) is 2.12. The van der Waals surface area contributed by atoms with Crippen molar-refractivity contribution in [3.05, 3.63) is 24.3 Å². The van der Waals surface area contributed by atoms with Gasteiger partial charge in [-0.05, 0) is 12.8 Å². The van der Waals surface area contributed by atoms with E-state index in [1.165, 1.54) is 6.33 Å². The van der Waals surface area contributed by atoms with E-state index in [2.05, 4.69) is 9.97 Å². The van der Waals surface area contributed by atoms with Crippen LogP contribution >= 0.6 is 0 Å². The summed E-state index contributed by atoms with van der Waals surface area (Å²) in [5.74, 6) is -2.56. The monoisotopic (exact) mass is 213 g/mol. The van der Waals surface area contributed by atoms with Gasteiger partial charge >= 0.3 is 0 Å². The Morgan fingerprint density at radius 3 is 2.13 bits per heavy atom. The van der Waals surface area contributed by atoms with Crippen LogP contribution in [0.5, 0.6) is 0 Å². The number of aromatic nitrogens is 2. The summed E-state index contributed by atoms with van der Waals surface area (Å²) in [6, 6.07) is 0. The first-order chi connectivity index (χ1) is 7.02. The van der Waals surface area contributed by atoms with Crippen LogP contribution in [0.3, 0.4) is 0 Å². The molecular formula is C10H13F2N3. The van der Waals surface area contributed by atoms with Crippen LogP contribution in [0.2, 0.25) is 0 Å². The van der Waals surface area contributed by atoms with Gasteiger partial charge in [0, 0.05) is 36.3 Å². The van der Waals surface area contributed by atoms with E-state index < -0.39 is 11.5 Å². The first kappa shape index (κ1) is 10.4. The first-order valence-electron chi connectivity index (χ1n) is 4.94. The lowest BCUT2D eigenvalue weighted by atomic mass is 9.77. The Hall–Kier alpha value is -1.10. The van der Waals surface area contributed by atoms with Gasteiger partial charge in [-0.15, -0.1) is 0 Å². The zero-order valence-corrected chi connectivity index (χ0v) is 8.29. The number of nitrogens with two attached hydrogens (primary N) is 1. The number of halogens is 2. The largest absolute Gasteiger partial charge is 0.321 e. The van der Waals surface area contributed by atoms with E-state index in [0.29, 0.717) is 0 Å². The van der Waals surface area contributed by atoms with Crippen molar-refractivity contribution in [1.29, 1.82) is 0 Å². The smallest absolute Gasteiger partial charge is 0.248 e. The van der Waals surface area contributed by atoms with Crippen molar-refractivity contribution in [2.75, 3.05) is 0 Å². The summed E-state index contributed by atoms with van der Waals surface area (Å²) in [5.41, 5.74) is 6.16. The number of rotatable bonds is 1. The second-order valence-electron chi connectivity index (χ2n) is 4.14. The molecule has 82 valence electrons. The van der Waals surface area contributed by atoms with Gasteiger partial charge in [0.2, 0.25) is 5.92 Å². The van der Waals surface area contributed by atoms with Crippen LogP contribution in [0.25, 0.3) is 0 Å². The Labute approximate surface area is 86.7 Å². The Balaban J connectivity index is 2.17. The first-order valence-corrected chi connectivity index (χ1v) is 4.94. The van der Waals surface area contributed by atoms with Crippen molar-refractivity contribution in [2.45, 2.75) is 37.1 Å². The van der Waals surface area contributed by atoms with Crippen molar-refractivity contribution in [1.82, 2.24) is 9.97 Å². The second-order valence-corrected chi connectivity index (χ2v) is 4.14. The van der Waals surface area contributed by atoms with Gasteiger partial charge in [0.1, 0.15) is 6.33 Å². The van der Waals surface area contributed by atoms with E-state index in [0.717, 1.165) is 5.56 Å². The fraction of sp³-hybridized carbons (Fsp3) is 0.600. The van der Waals surface area contributed by atoms with Gasteiger partial charge in [-0.25, -0.2) is 18.7 Å². The molecule has 1 saturated carbocycles. The molecule has 0 bridgehead atoms. The molecule has 0 aliphatic heterocycles. The predicted molar refractivity (Wildman–Crippen MR) is 51.3 cm³/mol. The summed E-state index contributed by atoms with van der Waals surface area (Å²) in [7, 11) is 0. The minimum atomic E-state index is -2.56. The van der Waals surface area contributed by atoms with Gasteiger partial charge in [0.15, 0.2) is 0 Å². The molecule has 5 heteroatoms. The summed E-state index contributed by atoms with van der Waals surface area (Å²) in [6.07, 6.45) is 4.88. The molecule has 0 atom stereocenters. The fourth-order valence-corrected chi connectivity index (χ4v) is 1.91. The average Bonchev–Trinajstić information content (AvgIpc) is 2.24. The summed E-state index contributed by atoms with van der Waals surface area (Å²) >= 11 is 0. The highest BCUT2D eigenvalue weighted by Crippen LogP contribution is 2.41. The van der Waals surface area contributed by atoms with Crippen LogP contribution in [0.4, 0.5) is 8.78 Å². The van der Waals surface area contributed by atoms with Gasteiger partial charge < -0.3 is 5.73 Å². The van der Waals surface area contributed by atoms with Crippen LogP contribution in [-0.4, -0.2) is 15.9 Å². The number of alkyl halides is 2. The second kappa shape index (κ2) is 3.48. The molecule has 2 rings (SSSR count). The van der Waals surface area contributed by atoms with Gasteiger partial charge in [0.05, 0.1) is 0 Å². The maximum absolute atomic E-state index is 13.0. The molecule has 1 aromatic rings. The van der Waals surface area contributed by atoms with Gasteiger partial charge in [-0.2, -0.15) is 0 Å². The van der Waals surface area contributed by atoms with Crippen molar-refractivity contribution in [3.63, 3.8) is 0 Å². The normalized spacial score (nSPS) is 23.7. The van der Waals surface area contributed by atoms with Crippen LogP contribution < -0.4 is 5.73 Å². The van der Waals surface area contributed by atoms with E-state index in [1.807, 2.05) is 0 Å². The topological polar surface area (TPSA) is 51.8 Å². The van der Waals surface area contributed by atoms with E-state index in [9.17, 15) is 8.78 Å². The molecule has 1 aliphatic carbocycles. The molecule has 0 spiro atoms. The highest BCUT2D eigenvalue weighted by Gasteiger charge is 2.42. The minimum Gasteiger partial charge on any atom is -0.321 e. The molecular weight excluding hydrogens is 200 g/mol. The van der Waals surface area contributed by atoms with Crippen molar-refractivity contribution < 1.29 is 8.78 Å². The zero-order valence-electron chi connectivity index (χ0n) is 8.29. The number of hydrogen-bond acceptors (Lipinski definition) is 3. The maximum atomic E-state index is 13.0. The molecule has 15 heavy (non-hydrogen) atoms. The molecule has 0 unspecified atom stereocenters. The average molecular weight is 213 g/mol. The Bertz CT molecular complexity index is 330. The summed E-state index contributed by atoms with van der Waals surface area (Å²) < 4.78 is 26.0. The highest BCUT2D eigenvalue weighted by atomic mass is 19.3. The molecule has 1 aliphatic rings. The Morgan fingerprint density at radius 1 is 1.07 bits per heavy atom. The third-order valence-electron chi connectivity index (χ3n) is 3.01. The molecule has 1 fully saturated rings. The Kier molecular flexibility index (Phi) is 2.42. The van der Waals surface area contributed by atoms with Crippen molar-refractivity contribution in [3.8, 4) is 0 Å².